The zero-order valence-electron chi connectivity index (χ0n) is 12.9. The molecule has 0 saturated carbocycles. The van der Waals surface area contributed by atoms with E-state index in [1.807, 2.05) is 18.2 Å². The SMILES string of the molecule is O=C(NCc1ccccn1)c1ccc(Nc2ccc(Cl)c(Cl)c2)nn1. The molecule has 3 rings (SSSR count). The van der Waals surface area contributed by atoms with Gasteiger partial charge in [-0.3, -0.25) is 9.78 Å². The van der Waals surface area contributed by atoms with Crippen molar-refractivity contribution in [1.82, 2.24) is 20.5 Å². The van der Waals surface area contributed by atoms with Gasteiger partial charge in [0.2, 0.25) is 0 Å². The van der Waals surface area contributed by atoms with Crippen LogP contribution in [0.3, 0.4) is 0 Å². The Kier molecular flexibility index (Phi) is 5.42. The maximum Gasteiger partial charge on any atom is 0.272 e. The van der Waals surface area contributed by atoms with Crippen molar-refractivity contribution in [2.45, 2.75) is 6.54 Å². The van der Waals surface area contributed by atoms with E-state index < -0.39 is 0 Å². The first-order chi connectivity index (χ1) is 12.1. The lowest BCUT2D eigenvalue weighted by Crippen LogP contribution is -2.24. The van der Waals surface area contributed by atoms with Crippen LogP contribution in [0, 0.1) is 0 Å². The van der Waals surface area contributed by atoms with E-state index in [-0.39, 0.29) is 11.6 Å². The number of carbonyl (C=O) groups excluding carboxylic acids is 1. The molecule has 2 N–H and O–H groups in total. The fraction of sp³-hybridized carbons (Fsp3) is 0.0588. The van der Waals surface area contributed by atoms with Crippen molar-refractivity contribution in [3.8, 4) is 0 Å². The number of benzene rings is 1. The normalized spacial score (nSPS) is 10.3. The molecule has 8 heteroatoms. The summed E-state index contributed by atoms with van der Waals surface area (Å²) in [5.41, 5.74) is 1.70. The fourth-order valence-corrected chi connectivity index (χ4v) is 2.30. The molecule has 6 nitrogen and oxygen atoms in total. The Morgan fingerprint density at radius 3 is 2.56 bits per heavy atom. The van der Waals surface area contributed by atoms with Gasteiger partial charge >= 0.3 is 0 Å². The number of nitrogens with one attached hydrogen (secondary N) is 2. The highest BCUT2D eigenvalue weighted by Crippen LogP contribution is 2.26. The molecule has 126 valence electrons. The number of aromatic nitrogens is 3. The van der Waals surface area contributed by atoms with Crippen LogP contribution in [-0.2, 0) is 6.54 Å². The van der Waals surface area contributed by atoms with E-state index in [4.69, 9.17) is 23.2 Å². The molecule has 1 amide bonds. The first-order valence-electron chi connectivity index (χ1n) is 7.36. The summed E-state index contributed by atoms with van der Waals surface area (Å²) in [5, 5.41) is 14.6. The number of nitrogens with zero attached hydrogens (tertiary/aromatic N) is 3. The minimum atomic E-state index is -0.320. The summed E-state index contributed by atoms with van der Waals surface area (Å²) in [6, 6.07) is 13.9. The molecule has 0 saturated heterocycles. The topological polar surface area (TPSA) is 79.8 Å². The number of hydrogen-bond acceptors (Lipinski definition) is 5. The van der Waals surface area contributed by atoms with E-state index in [9.17, 15) is 4.79 Å². The number of pyridine rings is 1. The predicted octanol–water partition coefficient (Wildman–Crippen LogP) is 3.85. The Bertz CT molecular complexity index is 872. The van der Waals surface area contributed by atoms with Crippen LogP contribution in [0.4, 0.5) is 11.5 Å². The Labute approximate surface area is 154 Å². The van der Waals surface area contributed by atoms with Crippen molar-refractivity contribution in [3.05, 3.63) is 76.2 Å². The van der Waals surface area contributed by atoms with Gasteiger partial charge in [0.05, 0.1) is 22.3 Å². The van der Waals surface area contributed by atoms with E-state index >= 15 is 0 Å². The number of carbonyl (C=O) groups is 1. The van der Waals surface area contributed by atoms with Crippen molar-refractivity contribution in [1.29, 1.82) is 0 Å². The minimum absolute atomic E-state index is 0.218. The molecule has 2 aromatic heterocycles. The van der Waals surface area contributed by atoms with Crippen LogP contribution in [0.25, 0.3) is 0 Å². The molecule has 1 aromatic carbocycles. The van der Waals surface area contributed by atoms with Gasteiger partial charge in [-0.2, -0.15) is 0 Å². The molecule has 0 aliphatic rings. The van der Waals surface area contributed by atoms with Crippen LogP contribution in [-0.4, -0.2) is 21.1 Å². The lowest BCUT2D eigenvalue weighted by Gasteiger charge is -2.07. The average Bonchev–Trinajstić information content (AvgIpc) is 2.64. The van der Waals surface area contributed by atoms with Gasteiger partial charge in [0, 0.05) is 11.9 Å². The zero-order valence-corrected chi connectivity index (χ0v) is 14.4. The van der Waals surface area contributed by atoms with Gasteiger partial charge in [0.15, 0.2) is 11.5 Å². The third-order valence-electron chi connectivity index (χ3n) is 3.25. The number of anilines is 2. The lowest BCUT2D eigenvalue weighted by atomic mass is 10.3. The second kappa shape index (κ2) is 7.92. The van der Waals surface area contributed by atoms with Crippen LogP contribution in [0.1, 0.15) is 16.2 Å². The molecule has 2 heterocycles. The molecule has 0 atom stereocenters. The Balaban J connectivity index is 1.61. The van der Waals surface area contributed by atoms with Gasteiger partial charge in [-0.05, 0) is 42.5 Å². The zero-order chi connectivity index (χ0) is 17.6. The summed E-state index contributed by atoms with van der Waals surface area (Å²) in [5.74, 6) is 0.166. The average molecular weight is 374 g/mol. The maximum absolute atomic E-state index is 12.1. The van der Waals surface area contributed by atoms with Gasteiger partial charge in [0.1, 0.15) is 0 Å². The van der Waals surface area contributed by atoms with Crippen molar-refractivity contribution >= 4 is 40.6 Å². The summed E-state index contributed by atoms with van der Waals surface area (Å²) in [7, 11) is 0. The van der Waals surface area contributed by atoms with E-state index in [0.29, 0.717) is 22.4 Å². The lowest BCUT2D eigenvalue weighted by molar-refractivity contribution is 0.0944. The number of amides is 1. The van der Waals surface area contributed by atoms with Crippen LogP contribution in [0.5, 0.6) is 0 Å². The monoisotopic (exact) mass is 373 g/mol. The molecule has 0 aliphatic heterocycles. The molecule has 0 spiro atoms. The summed E-state index contributed by atoms with van der Waals surface area (Å²) in [4.78, 5) is 16.2. The largest absolute Gasteiger partial charge is 0.345 e. The molecule has 0 fully saturated rings. The summed E-state index contributed by atoms with van der Waals surface area (Å²) >= 11 is 11.8. The standard InChI is InChI=1S/C17H13Cl2N5O/c18-13-5-4-11(9-14(13)19)22-16-7-6-15(23-24-16)17(25)21-10-12-3-1-2-8-20-12/h1-9H,10H2,(H,21,25)(H,22,24). The summed E-state index contributed by atoms with van der Waals surface area (Å²) in [6.07, 6.45) is 1.67. The first kappa shape index (κ1) is 17.1. The summed E-state index contributed by atoms with van der Waals surface area (Å²) in [6.45, 7) is 0.324. The van der Waals surface area contributed by atoms with Crippen LogP contribution >= 0.6 is 23.2 Å². The second-order valence-corrected chi connectivity index (χ2v) is 5.88. The van der Waals surface area contributed by atoms with Gasteiger partial charge < -0.3 is 10.6 Å². The Hall–Kier alpha value is -2.70. The van der Waals surface area contributed by atoms with E-state index in [2.05, 4.69) is 25.8 Å². The minimum Gasteiger partial charge on any atom is -0.345 e. The van der Waals surface area contributed by atoms with Crippen molar-refractivity contribution in [2.24, 2.45) is 0 Å². The van der Waals surface area contributed by atoms with E-state index in [1.165, 1.54) is 0 Å². The number of rotatable bonds is 5. The molecule has 0 unspecified atom stereocenters. The van der Waals surface area contributed by atoms with Crippen molar-refractivity contribution in [2.75, 3.05) is 5.32 Å². The smallest absolute Gasteiger partial charge is 0.272 e. The van der Waals surface area contributed by atoms with E-state index in [1.54, 1.807) is 36.5 Å². The van der Waals surface area contributed by atoms with Crippen LogP contribution < -0.4 is 10.6 Å². The molecule has 0 aliphatic carbocycles. The quantitative estimate of drug-likeness (QED) is 0.709. The predicted molar refractivity (Wildman–Crippen MR) is 97.2 cm³/mol. The molecular formula is C17H13Cl2N5O. The van der Waals surface area contributed by atoms with Crippen molar-refractivity contribution < 1.29 is 4.79 Å². The molecule has 25 heavy (non-hydrogen) atoms. The van der Waals surface area contributed by atoms with Gasteiger partial charge in [0.25, 0.3) is 5.91 Å². The number of hydrogen-bond donors (Lipinski definition) is 2. The van der Waals surface area contributed by atoms with Gasteiger partial charge in [-0.1, -0.05) is 29.3 Å². The fourth-order valence-electron chi connectivity index (χ4n) is 2.01. The van der Waals surface area contributed by atoms with Gasteiger partial charge in [-0.25, -0.2) is 0 Å². The molecule has 0 bridgehead atoms. The highest BCUT2D eigenvalue weighted by molar-refractivity contribution is 6.42. The highest BCUT2D eigenvalue weighted by atomic mass is 35.5. The third kappa shape index (κ3) is 4.65. The molecule has 3 aromatic rings. The Morgan fingerprint density at radius 2 is 1.88 bits per heavy atom. The second-order valence-electron chi connectivity index (χ2n) is 5.06. The van der Waals surface area contributed by atoms with Crippen molar-refractivity contribution in [3.63, 3.8) is 0 Å². The van der Waals surface area contributed by atoms with E-state index in [0.717, 1.165) is 11.4 Å². The third-order valence-corrected chi connectivity index (χ3v) is 3.98. The number of halogens is 2. The first-order valence-corrected chi connectivity index (χ1v) is 8.11. The van der Waals surface area contributed by atoms with Crippen LogP contribution in [0.2, 0.25) is 10.0 Å². The van der Waals surface area contributed by atoms with Crippen LogP contribution in [0.15, 0.2) is 54.7 Å². The highest BCUT2D eigenvalue weighted by Gasteiger charge is 2.08. The maximum atomic E-state index is 12.1. The summed E-state index contributed by atoms with van der Waals surface area (Å²) < 4.78 is 0. The van der Waals surface area contributed by atoms with Gasteiger partial charge in [-0.15, -0.1) is 10.2 Å². The Morgan fingerprint density at radius 1 is 1.00 bits per heavy atom. The molecular weight excluding hydrogens is 361 g/mol. The molecule has 0 radical (unpaired) electrons.